The van der Waals surface area contributed by atoms with E-state index in [1.807, 2.05) is 0 Å². The molecule has 0 unspecified atom stereocenters. The van der Waals surface area contributed by atoms with Crippen LogP contribution in [0.25, 0.3) is 0 Å². The lowest BCUT2D eigenvalue weighted by Gasteiger charge is -1.64. The summed E-state index contributed by atoms with van der Waals surface area (Å²) in [5.41, 5.74) is 0. The topological polar surface area (TPSA) is 0 Å². The molecule has 0 saturated carbocycles. The highest BCUT2D eigenvalue weighted by molar-refractivity contribution is 5.53. The summed E-state index contributed by atoms with van der Waals surface area (Å²) in [5, 5.41) is 0. The Bertz CT molecular complexity index is 4420. The molecule has 0 aromatic rings. The zero-order chi connectivity index (χ0) is 51.5. The molecular formula is C72H4-2. The molecule has 0 saturated heterocycles. The monoisotopic (exact) mass is 868 g/mol. The largest absolute Gasteiger partial charge is 0.284 e. The highest BCUT2D eigenvalue weighted by Crippen LogP contribution is 1.64. The molecule has 0 heterocycles. The van der Waals surface area contributed by atoms with E-state index in [9.17, 15) is 0 Å². The quantitative estimate of drug-likeness (QED) is 0.250. The Morgan fingerprint density at radius 2 is 0.111 bits per heavy atom. The third kappa shape index (κ3) is 54.3. The van der Waals surface area contributed by atoms with Gasteiger partial charge in [0.05, 0.1) is 0 Å². The molecule has 0 aliphatic carbocycles. The normalized spacial score (nSPS) is 3.94. The Hall–Kier alpha value is -15.7. The van der Waals surface area contributed by atoms with Crippen molar-refractivity contribution in [1.82, 2.24) is 0 Å². The predicted molar refractivity (Wildman–Crippen MR) is 283 cm³/mol. The molecule has 0 radical (unpaired) electrons. The second kappa shape index (κ2) is 55.3. The van der Waals surface area contributed by atoms with Crippen LogP contribution < -0.4 is 0 Å². The van der Waals surface area contributed by atoms with Gasteiger partial charge in [-0.2, -0.15) is 13.8 Å². The van der Waals surface area contributed by atoms with Gasteiger partial charge in [-0.15, -0.1) is 11.8 Å². The van der Waals surface area contributed by atoms with E-state index >= 15 is 0 Å². The molecule has 0 aromatic carbocycles. The van der Waals surface area contributed by atoms with Gasteiger partial charge in [0, 0.05) is 284 Å². The van der Waals surface area contributed by atoms with Crippen molar-refractivity contribution in [3.8, 4) is 414 Å². The van der Waals surface area contributed by atoms with Crippen LogP contribution in [0.5, 0.6) is 0 Å². The van der Waals surface area contributed by atoms with E-state index in [4.69, 9.17) is 0 Å². The molecule has 72 heavy (non-hydrogen) atoms. The van der Waals surface area contributed by atoms with E-state index in [0.29, 0.717) is 0 Å². The van der Waals surface area contributed by atoms with E-state index in [1.54, 1.807) is 0 Å². The first kappa shape index (κ1) is 56.3. The van der Waals surface area contributed by atoms with Crippen LogP contribution in [-0.4, -0.2) is 0 Å². The number of hydrogen-bond donors (Lipinski definition) is 0. The molecule has 0 rings (SSSR count). The fourth-order valence-corrected chi connectivity index (χ4v) is 2.15. The Morgan fingerprint density at radius 3 is 0.153 bits per heavy atom. The zero-order valence-electron chi connectivity index (χ0n) is 36.4. The summed E-state index contributed by atoms with van der Waals surface area (Å²) < 4.78 is 0. The van der Waals surface area contributed by atoms with Gasteiger partial charge >= 0.3 is 0 Å². The smallest absolute Gasteiger partial charge is 0 e. The van der Waals surface area contributed by atoms with Crippen LogP contribution in [0.2, 0.25) is 0 Å². The van der Waals surface area contributed by atoms with Crippen molar-refractivity contribution in [2.75, 3.05) is 0 Å². The lowest BCUT2D eigenvalue weighted by atomic mass is 10.4. The average molecular weight is 869 g/mol. The van der Waals surface area contributed by atoms with Gasteiger partial charge in [-0.05, 0) is 94.7 Å². The molecule has 0 nitrogen and oxygen atoms in total. The fraction of sp³-hybridized carbons (Fsp3) is 0. The lowest BCUT2D eigenvalue weighted by Crippen LogP contribution is -1.57. The minimum absolute atomic E-state index is 2.37. The Morgan fingerprint density at radius 1 is 0.0694 bits per heavy atom. The first-order chi connectivity index (χ1) is 35.9. The van der Waals surface area contributed by atoms with Crippen LogP contribution in [-0.2, 0) is 0 Å². The van der Waals surface area contributed by atoms with E-state index in [-0.39, 0.29) is 0 Å². The fourth-order valence-electron chi connectivity index (χ4n) is 2.15. The minimum atomic E-state index is 2.37. The molecule has 0 aromatic heterocycles. The summed E-state index contributed by atoms with van der Waals surface area (Å²) in [5.74, 6) is 174. The maximum atomic E-state index is 3.32. The van der Waals surface area contributed by atoms with Gasteiger partial charge in [0.1, 0.15) is 0 Å². The second-order valence-electron chi connectivity index (χ2n) is 8.85. The molecule has 0 N–H and O–H groups in total. The van der Waals surface area contributed by atoms with E-state index in [0.717, 1.165) is 0 Å². The Labute approximate surface area is 426 Å². The first-order valence-electron chi connectivity index (χ1n) is 18.0. The molecule has 0 heteroatoms. The van der Waals surface area contributed by atoms with Crippen molar-refractivity contribution in [1.29, 1.82) is 0 Å². The lowest BCUT2D eigenvalue weighted by molar-refractivity contribution is 2.31. The van der Waals surface area contributed by atoms with Gasteiger partial charge in [-0.1, -0.05) is 0 Å². The molecule has 0 spiro atoms. The Kier molecular flexibility index (Phi) is 43.3. The number of hydrogen-bond acceptors (Lipinski definition) is 0. The molecule has 294 valence electrons. The molecule has 0 aliphatic heterocycles. The van der Waals surface area contributed by atoms with E-state index in [2.05, 4.69) is 428 Å². The molecule has 0 bridgehead atoms. The number of rotatable bonds is 0. The van der Waals surface area contributed by atoms with Crippen LogP contribution in [0.1, 0.15) is 0 Å². The van der Waals surface area contributed by atoms with Crippen molar-refractivity contribution in [2.45, 2.75) is 0 Å². The van der Waals surface area contributed by atoms with Gasteiger partial charge in [0.2, 0.25) is 0 Å². The third-order valence-corrected chi connectivity index (χ3v) is 4.36. The van der Waals surface area contributed by atoms with Crippen LogP contribution in [0, 0.1) is 428 Å². The zero-order valence-corrected chi connectivity index (χ0v) is 36.4. The van der Waals surface area contributed by atoms with Crippen LogP contribution in [0.4, 0.5) is 0 Å². The molecular weight excluding hydrogens is 865 g/mol. The van der Waals surface area contributed by atoms with Gasteiger partial charge in [0.15, 0.2) is 0 Å². The minimum Gasteiger partial charge on any atom is -0.284 e. The van der Waals surface area contributed by atoms with Crippen molar-refractivity contribution in [2.24, 2.45) is 0 Å². The maximum absolute atomic E-state index is 3.32. The highest BCUT2D eigenvalue weighted by Gasteiger charge is 1.64. The van der Waals surface area contributed by atoms with Gasteiger partial charge < -0.3 is 0 Å². The van der Waals surface area contributed by atoms with Crippen molar-refractivity contribution in [3.63, 3.8) is 0 Å². The van der Waals surface area contributed by atoms with Crippen LogP contribution in [0.3, 0.4) is 0 Å². The van der Waals surface area contributed by atoms with E-state index in [1.165, 1.54) is 0 Å². The maximum Gasteiger partial charge on any atom is 0 e. The second-order valence-corrected chi connectivity index (χ2v) is 8.85. The highest BCUT2D eigenvalue weighted by atomic mass is 13.7. The summed E-state index contributed by atoms with van der Waals surface area (Å²) >= 11 is 0. The van der Waals surface area contributed by atoms with Gasteiger partial charge in [-0.25, -0.2) is 11.8 Å². The average Bonchev–Trinajstić information content (AvgIpc) is 3.39. The summed E-state index contributed by atoms with van der Waals surface area (Å²) in [4.78, 5) is 0. The van der Waals surface area contributed by atoms with Crippen LogP contribution >= 0.6 is 0 Å². The summed E-state index contributed by atoms with van der Waals surface area (Å²) in [6.07, 6.45) is 0. The first-order valence-corrected chi connectivity index (χ1v) is 18.0. The van der Waals surface area contributed by atoms with Crippen molar-refractivity contribution >= 4 is 0 Å². The molecule has 0 aliphatic rings. The molecule has 0 atom stereocenters. The summed E-state index contributed by atoms with van der Waals surface area (Å²) in [7, 11) is 0. The SMILES string of the molecule is [CH2-]C#CC#CC#CC#CC#CC#CC#CC#CC#CC#CC#CC#CC#CC#CC#CC#CC#CC#CC#CC#CC#CC#CC#CC#CC#CC#CC#CC#CC#CC#CC#CC#CC#CC#CC#C[CH2-]. The standard InChI is InChI=1S/C72H4/c1-3-5-7-9-11-13-15-17-19-21-23-25-27-29-31-33-35-37-39-41-43-45-47-49-51-53-55-57-59-61-63-65-67-69-71-72-70-68-66-64-62-60-58-56-54-52-50-48-46-44-42-40-38-36-34-32-30-28-26-24-22-20-18-16-14-12-10-8-6-4-2/h1-2H2/q-2. The Balaban J connectivity index is 4.61. The van der Waals surface area contributed by atoms with Gasteiger partial charge in [-0.3, -0.25) is 11.8 Å². The van der Waals surface area contributed by atoms with Crippen molar-refractivity contribution in [3.05, 3.63) is 13.8 Å². The molecule has 0 fully saturated rings. The van der Waals surface area contributed by atoms with Crippen molar-refractivity contribution < 1.29 is 0 Å². The van der Waals surface area contributed by atoms with E-state index < -0.39 is 0 Å². The predicted octanol–water partition coefficient (Wildman–Crippen LogP) is 0.774. The molecule has 0 amide bonds. The summed E-state index contributed by atoms with van der Waals surface area (Å²) in [6.45, 7) is 6.63. The van der Waals surface area contributed by atoms with Crippen LogP contribution in [0.15, 0.2) is 0 Å². The third-order valence-electron chi connectivity index (χ3n) is 4.36. The summed E-state index contributed by atoms with van der Waals surface area (Å²) in [6, 6.07) is 0. The van der Waals surface area contributed by atoms with Gasteiger partial charge in [0.25, 0.3) is 0 Å².